The molecule has 148 valence electrons. The molecule has 3 rings (SSSR count). The van der Waals surface area contributed by atoms with Crippen LogP contribution in [0.2, 0.25) is 0 Å². The second-order valence-corrected chi connectivity index (χ2v) is 7.96. The minimum absolute atomic E-state index is 0.00130. The summed E-state index contributed by atoms with van der Waals surface area (Å²) in [4.78, 5) is 27.5. The van der Waals surface area contributed by atoms with Crippen LogP contribution in [0.15, 0.2) is 54.6 Å². The summed E-state index contributed by atoms with van der Waals surface area (Å²) < 4.78 is 11.0. The fraction of sp³-hybridized carbons (Fsp3) is 0.391. The first-order valence-electron chi connectivity index (χ1n) is 9.59. The summed E-state index contributed by atoms with van der Waals surface area (Å²) in [6.45, 7) is 8.34. The maximum atomic E-state index is 13.0. The number of benzene rings is 2. The van der Waals surface area contributed by atoms with Gasteiger partial charge < -0.3 is 14.4 Å². The lowest BCUT2D eigenvalue weighted by molar-refractivity contribution is -0.145. The van der Waals surface area contributed by atoms with Crippen molar-refractivity contribution in [3.05, 3.63) is 71.3 Å². The lowest BCUT2D eigenvalue weighted by Gasteiger charge is -2.30. The summed E-state index contributed by atoms with van der Waals surface area (Å²) in [6.07, 6.45) is -0.964. The van der Waals surface area contributed by atoms with E-state index < -0.39 is 12.1 Å². The second kappa shape index (κ2) is 8.57. The Kier molecular flexibility index (Phi) is 6.15. The van der Waals surface area contributed by atoms with Crippen LogP contribution in [0.3, 0.4) is 0 Å². The number of rotatable bonds is 4. The largest absolute Gasteiger partial charge is 0.444 e. The summed E-state index contributed by atoms with van der Waals surface area (Å²) >= 11 is 0. The number of esters is 1. The molecule has 1 amide bonds. The zero-order chi connectivity index (χ0) is 20.1. The molecule has 1 fully saturated rings. The van der Waals surface area contributed by atoms with Crippen LogP contribution in [-0.2, 0) is 19.7 Å². The van der Waals surface area contributed by atoms with Gasteiger partial charge in [0, 0.05) is 18.7 Å². The van der Waals surface area contributed by atoms with Gasteiger partial charge in [-0.3, -0.25) is 4.79 Å². The van der Waals surface area contributed by atoms with E-state index in [0.717, 1.165) is 5.56 Å². The Bertz CT molecular complexity index is 803. The van der Waals surface area contributed by atoms with Crippen molar-refractivity contribution in [3.8, 4) is 0 Å². The highest BCUT2D eigenvalue weighted by molar-refractivity contribution is 5.92. The van der Waals surface area contributed by atoms with Crippen molar-refractivity contribution in [2.45, 2.75) is 32.3 Å². The molecule has 0 aromatic heterocycles. The number of hydrogen-bond acceptors (Lipinski definition) is 4. The van der Waals surface area contributed by atoms with Crippen molar-refractivity contribution in [3.63, 3.8) is 0 Å². The van der Waals surface area contributed by atoms with E-state index in [0.29, 0.717) is 37.4 Å². The molecular formula is C23H27NO4. The molecule has 2 aromatic rings. The number of hydrogen-bond donors (Lipinski definition) is 0. The average Bonchev–Trinajstić information content (AvgIpc) is 2.72. The maximum absolute atomic E-state index is 13.0. The molecule has 1 aliphatic rings. The van der Waals surface area contributed by atoms with E-state index in [9.17, 15) is 9.59 Å². The number of carbonyl (C=O) groups excluding carboxylic acids is 2. The third-order valence-corrected chi connectivity index (χ3v) is 4.86. The molecule has 0 saturated carbocycles. The Morgan fingerprint density at radius 3 is 2.14 bits per heavy atom. The van der Waals surface area contributed by atoms with Crippen LogP contribution in [-0.4, -0.2) is 43.1 Å². The molecule has 5 nitrogen and oxygen atoms in total. The molecule has 0 radical (unpaired) electrons. The van der Waals surface area contributed by atoms with Gasteiger partial charge in [0.15, 0.2) is 0 Å². The van der Waals surface area contributed by atoms with E-state index >= 15 is 0 Å². The van der Waals surface area contributed by atoms with E-state index in [1.165, 1.54) is 0 Å². The van der Waals surface area contributed by atoms with Gasteiger partial charge in [-0.15, -0.1) is 0 Å². The van der Waals surface area contributed by atoms with Crippen molar-refractivity contribution in [2.24, 2.45) is 0 Å². The van der Waals surface area contributed by atoms with E-state index in [2.05, 4.69) is 20.8 Å². The molecule has 1 heterocycles. The summed E-state index contributed by atoms with van der Waals surface area (Å²) in [7, 11) is 0. The van der Waals surface area contributed by atoms with Gasteiger partial charge in [0.05, 0.1) is 18.8 Å². The second-order valence-electron chi connectivity index (χ2n) is 7.96. The normalized spacial score (nSPS) is 15.8. The quantitative estimate of drug-likeness (QED) is 0.757. The number of ether oxygens (including phenoxy) is 2. The van der Waals surface area contributed by atoms with Crippen molar-refractivity contribution < 1.29 is 19.1 Å². The third-order valence-electron chi connectivity index (χ3n) is 4.86. The molecule has 0 spiro atoms. The van der Waals surface area contributed by atoms with Crippen molar-refractivity contribution in [1.82, 2.24) is 4.90 Å². The summed E-state index contributed by atoms with van der Waals surface area (Å²) in [5.41, 5.74) is 2.23. The molecule has 1 saturated heterocycles. The van der Waals surface area contributed by atoms with Crippen molar-refractivity contribution in [1.29, 1.82) is 0 Å². The number of morpholine rings is 1. The number of amides is 1. The molecule has 2 aromatic carbocycles. The number of carbonyl (C=O) groups is 2. The maximum Gasteiger partial charge on any atom is 0.339 e. The van der Waals surface area contributed by atoms with Crippen LogP contribution in [0.25, 0.3) is 0 Å². The topological polar surface area (TPSA) is 55.8 Å². The van der Waals surface area contributed by atoms with Gasteiger partial charge in [0.25, 0.3) is 5.91 Å². The van der Waals surface area contributed by atoms with Crippen LogP contribution in [0.5, 0.6) is 0 Å². The lowest BCUT2D eigenvalue weighted by atomic mass is 9.87. The molecule has 0 aliphatic carbocycles. The average molecular weight is 381 g/mol. The Morgan fingerprint density at radius 2 is 1.57 bits per heavy atom. The summed E-state index contributed by atoms with van der Waals surface area (Å²) in [5.74, 6) is -0.718. The van der Waals surface area contributed by atoms with Crippen LogP contribution in [0, 0.1) is 0 Å². The van der Waals surface area contributed by atoms with Gasteiger partial charge in [-0.05, 0) is 23.1 Å². The fourth-order valence-electron chi connectivity index (χ4n) is 3.12. The van der Waals surface area contributed by atoms with Crippen molar-refractivity contribution >= 4 is 11.9 Å². The van der Waals surface area contributed by atoms with Crippen molar-refractivity contribution in [2.75, 3.05) is 26.3 Å². The van der Waals surface area contributed by atoms with E-state index in [1.54, 1.807) is 29.2 Å². The molecular weight excluding hydrogens is 354 g/mol. The molecule has 0 bridgehead atoms. The smallest absolute Gasteiger partial charge is 0.339 e. The third kappa shape index (κ3) is 4.78. The zero-order valence-electron chi connectivity index (χ0n) is 16.7. The minimum atomic E-state index is -0.964. The molecule has 1 aliphatic heterocycles. The van der Waals surface area contributed by atoms with Gasteiger partial charge >= 0.3 is 5.97 Å². The summed E-state index contributed by atoms with van der Waals surface area (Å²) in [6, 6.07) is 16.5. The van der Waals surface area contributed by atoms with Gasteiger partial charge in [0.2, 0.25) is 6.10 Å². The fourth-order valence-corrected chi connectivity index (χ4v) is 3.12. The van der Waals surface area contributed by atoms with Crippen LogP contribution < -0.4 is 0 Å². The predicted molar refractivity (Wildman–Crippen MR) is 107 cm³/mol. The highest BCUT2D eigenvalue weighted by Gasteiger charge is 2.31. The van der Waals surface area contributed by atoms with E-state index in [4.69, 9.17) is 9.47 Å². The SMILES string of the molecule is CC(C)(C)c1ccc(C(=O)O[C@H](C(=O)N2CCOCC2)c2ccccc2)cc1. The Morgan fingerprint density at radius 1 is 0.964 bits per heavy atom. The standard InChI is InChI=1S/C23H27NO4/c1-23(2,3)19-11-9-18(10-12-19)22(26)28-20(17-7-5-4-6-8-17)21(25)24-13-15-27-16-14-24/h4-12,20H,13-16H2,1-3H3/t20-/m0/s1. The lowest BCUT2D eigenvalue weighted by Crippen LogP contribution is -2.44. The van der Waals surface area contributed by atoms with E-state index in [-0.39, 0.29) is 11.3 Å². The monoisotopic (exact) mass is 381 g/mol. The number of nitrogens with zero attached hydrogens (tertiary/aromatic N) is 1. The Labute approximate surface area is 166 Å². The first-order chi connectivity index (χ1) is 13.4. The van der Waals surface area contributed by atoms with Gasteiger partial charge in [-0.2, -0.15) is 0 Å². The highest BCUT2D eigenvalue weighted by Crippen LogP contribution is 2.25. The highest BCUT2D eigenvalue weighted by atomic mass is 16.5. The molecule has 1 atom stereocenters. The van der Waals surface area contributed by atoms with Crippen LogP contribution in [0.1, 0.15) is 48.4 Å². The minimum Gasteiger partial charge on any atom is -0.444 e. The van der Waals surface area contributed by atoms with Gasteiger partial charge in [0.1, 0.15) is 0 Å². The molecule has 0 N–H and O–H groups in total. The summed E-state index contributed by atoms with van der Waals surface area (Å²) in [5, 5.41) is 0. The van der Waals surface area contributed by atoms with Crippen LogP contribution in [0.4, 0.5) is 0 Å². The molecule has 0 unspecified atom stereocenters. The molecule has 5 heteroatoms. The van der Waals surface area contributed by atoms with Crippen LogP contribution >= 0.6 is 0 Å². The first kappa shape index (κ1) is 20.1. The Hall–Kier alpha value is -2.66. The Balaban J connectivity index is 1.80. The van der Waals surface area contributed by atoms with Gasteiger partial charge in [-0.1, -0.05) is 63.2 Å². The van der Waals surface area contributed by atoms with E-state index in [1.807, 2.05) is 30.3 Å². The predicted octanol–water partition coefficient (Wildman–Crippen LogP) is 3.74. The van der Waals surface area contributed by atoms with Gasteiger partial charge in [-0.25, -0.2) is 4.79 Å². The first-order valence-corrected chi connectivity index (χ1v) is 9.59. The molecule has 28 heavy (non-hydrogen) atoms. The zero-order valence-corrected chi connectivity index (χ0v) is 16.7.